The van der Waals surface area contributed by atoms with E-state index in [0.717, 1.165) is 24.3 Å². The zero-order valence-corrected chi connectivity index (χ0v) is 11.1. The second-order valence-electron chi connectivity index (χ2n) is 4.54. The average molecular weight is 265 g/mol. The average Bonchev–Trinajstić information content (AvgIpc) is 2.64. The normalized spacial score (nSPS) is 14.3. The van der Waals surface area contributed by atoms with Crippen molar-refractivity contribution in [2.75, 3.05) is 6.54 Å². The molecule has 17 heavy (non-hydrogen) atoms. The number of hydrogen-bond acceptors (Lipinski definition) is 2. The lowest BCUT2D eigenvalue weighted by molar-refractivity contribution is -0.138. The van der Waals surface area contributed by atoms with Crippen LogP contribution in [0.25, 0.3) is 0 Å². The van der Waals surface area contributed by atoms with Crippen LogP contribution in [0.3, 0.4) is 0 Å². The van der Waals surface area contributed by atoms with Crippen molar-refractivity contribution in [2.45, 2.75) is 45.3 Å². The van der Waals surface area contributed by atoms with Crippen molar-refractivity contribution < 1.29 is 13.2 Å². The van der Waals surface area contributed by atoms with E-state index in [0.29, 0.717) is 11.6 Å². The van der Waals surface area contributed by atoms with E-state index in [4.69, 9.17) is 0 Å². The Hall–Kier alpha value is -0.550. The summed E-state index contributed by atoms with van der Waals surface area (Å²) in [5.41, 5.74) is -0.0485. The maximum Gasteiger partial charge on any atom is 0.417 e. The molecule has 0 aliphatic heterocycles. The molecule has 1 unspecified atom stereocenters. The van der Waals surface area contributed by atoms with Gasteiger partial charge in [0.25, 0.3) is 0 Å². The van der Waals surface area contributed by atoms with E-state index in [9.17, 15) is 13.2 Å². The van der Waals surface area contributed by atoms with Gasteiger partial charge in [-0.05, 0) is 29.8 Å². The largest absolute Gasteiger partial charge is 0.417 e. The Morgan fingerprint density at radius 3 is 2.41 bits per heavy atom. The Balaban J connectivity index is 2.63. The first-order valence-electron chi connectivity index (χ1n) is 5.69. The Kier molecular flexibility index (Phi) is 5.01. The summed E-state index contributed by atoms with van der Waals surface area (Å²) in [6, 6.07) is 0.367. The first-order valence-corrected chi connectivity index (χ1v) is 6.63. The molecule has 1 atom stereocenters. The lowest BCUT2D eigenvalue weighted by Gasteiger charge is -2.16. The van der Waals surface area contributed by atoms with Crippen molar-refractivity contribution in [3.63, 3.8) is 0 Å². The lowest BCUT2D eigenvalue weighted by Crippen LogP contribution is -2.24. The summed E-state index contributed by atoms with van der Waals surface area (Å²) < 4.78 is 38.1. The molecule has 1 aromatic rings. The highest BCUT2D eigenvalue weighted by molar-refractivity contribution is 7.08. The standard InChI is InChI=1S/C12H18F3NS/c1-8(2)16-5-4-9(3)10-6-17-7-11(10)12(13,14)15/h6-9,16H,4-5H2,1-3H3. The van der Waals surface area contributed by atoms with Gasteiger partial charge in [0.1, 0.15) is 0 Å². The fourth-order valence-corrected chi connectivity index (χ4v) is 2.64. The third-order valence-corrected chi connectivity index (χ3v) is 3.42. The molecule has 0 bridgehead atoms. The van der Waals surface area contributed by atoms with Gasteiger partial charge in [0.05, 0.1) is 5.56 Å². The molecule has 1 rings (SSSR count). The summed E-state index contributed by atoms with van der Waals surface area (Å²) in [6.07, 6.45) is -3.51. The van der Waals surface area contributed by atoms with Crippen LogP contribution >= 0.6 is 11.3 Å². The monoisotopic (exact) mass is 265 g/mol. The molecule has 1 aromatic heterocycles. The highest BCUT2D eigenvalue weighted by atomic mass is 32.1. The first-order chi connectivity index (χ1) is 7.82. The third-order valence-electron chi connectivity index (χ3n) is 2.66. The molecule has 1 N–H and O–H groups in total. The van der Waals surface area contributed by atoms with E-state index in [-0.39, 0.29) is 5.92 Å². The van der Waals surface area contributed by atoms with Gasteiger partial charge in [0, 0.05) is 11.4 Å². The van der Waals surface area contributed by atoms with Gasteiger partial charge < -0.3 is 5.32 Å². The van der Waals surface area contributed by atoms with Crippen LogP contribution in [0.1, 0.15) is 44.2 Å². The molecule has 0 radical (unpaired) electrons. The van der Waals surface area contributed by atoms with Crippen LogP contribution in [0.2, 0.25) is 0 Å². The van der Waals surface area contributed by atoms with Gasteiger partial charge in [-0.25, -0.2) is 0 Å². The molecular weight excluding hydrogens is 247 g/mol. The SMILES string of the molecule is CC(C)NCCC(C)c1cscc1C(F)(F)F. The van der Waals surface area contributed by atoms with Crippen LogP contribution in [0.15, 0.2) is 10.8 Å². The summed E-state index contributed by atoms with van der Waals surface area (Å²) in [5, 5.41) is 6.03. The van der Waals surface area contributed by atoms with Crippen molar-refractivity contribution in [2.24, 2.45) is 0 Å². The molecule has 0 aliphatic carbocycles. The number of rotatable bonds is 5. The van der Waals surface area contributed by atoms with Crippen LogP contribution in [0.5, 0.6) is 0 Å². The maximum atomic E-state index is 12.7. The number of halogens is 3. The number of thiophene rings is 1. The molecule has 0 saturated carbocycles. The summed E-state index contributed by atoms with van der Waals surface area (Å²) >= 11 is 1.12. The van der Waals surface area contributed by atoms with E-state index in [1.807, 2.05) is 20.8 Å². The van der Waals surface area contributed by atoms with Gasteiger partial charge in [-0.2, -0.15) is 24.5 Å². The second kappa shape index (κ2) is 5.87. The molecular formula is C12H18F3NS. The van der Waals surface area contributed by atoms with Crippen molar-refractivity contribution in [1.29, 1.82) is 0 Å². The summed E-state index contributed by atoms with van der Waals surface area (Å²) in [5.74, 6) is -0.0656. The topological polar surface area (TPSA) is 12.0 Å². The highest BCUT2D eigenvalue weighted by Crippen LogP contribution is 2.38. The van der Waals surface area contributed by atoms with Crippen LogP contribution < -0.4 is 5.32 Å². The van der Waals surface area contributed by atoms with Gasteiger partial charge >= 0.3 is 6.18 Å². The lowest BCUT2D eigenvalue weighted by atomic mass is 9.96. The number of hydrogen-bond donors (Lipinski definition) is 1. The van der Waals surface area contributed by atoms with Gasteiger partial charge in [-0.15, -0.1) is 0 Å². The van der Waals surface area contributed by atoms with E-state index in [1.54, 1.807) is 5.38 Å². The molecule has 0 amide bonds. The van der Waals surface area contributed by atoms with Gasteiger partial charge in [-0.3, -0.25) is 0 Å². The fraction of sp³-hybridized carbons (Fsp3) is 0.667. The van der Waals surface area contributed by atoms with E-state index < -0.39 is 11.7 Å². The predicted octanol–water partition coefficient (Wildman–Crippen LogP) is 4.26. The summed E-state index contributed by atoms with van der Waals surface area (Å²) in [7, 11) is 0. The Morgan fingerprint density at radius 2 is 1.88 bits per heavy atom. The zero-order chi connectivity index (χ0) is 13.1. The number of alkyl halides is 3. The van der Waals surface area contributed by atoms with Gasteiger partial charge in [0.15, 0.2) is 0 Å². The summed E-state index contributed by atoms with van der Waals surface area (Å²) in [4.78, 5) is 0. The van der Waals surface area contributed by atoms with Crippen molar-refractivity contribution >= 4 is 11.3 Å². The maximum absolute atomic E-state index is 12.7. The Bertz CT molecular complexity index is 344. The summed E-state index contributed by atoms with van der Waals surface area (Å²) in [6.45, 7) is 6.64. The van der Waals surface area contributed by atoms with Crippen molar-refractivity contribution in [3.8, 4) is 0 Å². The fourth-order valence-electron chi connectivity index (χ4n) is 1.66. The molecule has 0 spiro atoms. The first kappa shape index (κ1) is 14.5. The highest BCUT2D eigenvalue weighted by Gasteiger charge is 2.35. The second-order valence-corrected chi connectivity index (χ2v) is 5.28. The third kappa shape index (κ3) is 4.32. The molecule has 0 saturated heterocycles. The molecule has 0 aromatic carbocycles. The predicted molar refractivity (Wildman–Crippen MR) is 65.5 cm³/mol. The molecule has 1 heterocycles. The quantitative estimate of drug-likeness (QED) is 0.839. The van der Waals surface area contributed by atoms with Gasteiger partial charge in [0.2, 0.25) is 0 Å². The van der Waals surface area contributed by atoms with Crippen LogP contribution in [-0.4, -0.2) is 12.6 Å². The minimum atomic E-state index is -4.23. The molecule has 0 aliphatic rings. The van der Waals surface area contributed by atoms with E-state index in [2.05, 4.69) is 5.32 Å². The van der Waals surface area contributed by atoms with Crippen LogP contribution in [0.4, 0.5) is 13.2 Å². The minimum absolute atomic E-state index is 0.0656. The smallest absolute Gasteiger partial charge is 0.315 e. The van der Waals surface area contributed by atoms with E-state index in [1.165, 1.54) is 5.38 Å². The van der Waals surface area contributed by atoms with Crippen molar-refractivity contribution in [3.05, 3.63) is 21.9 Å². The number of nitrogens with one attached hydrogen (secondary N) is 1. The minimum Gasteiger partial charge on any atom is -0.315 e. The molecule has 1 nitrogen and oxygen atoms in total. The Labute approximate surface area is 104 Å². The van der Waals surface area contributed by atoms with Crippen LogP contribution in [0, 0.1) is 0 Å². The van der Waals surface area contributed by atoms with Crippen molar-refractivity contribution in [1.82, 2.24) is 5.32 Å². The zero-order valence-electron chi connectivity index (χ0n) is 10.3. The molecule has 5 heteroatoms. The van der Waals surface area contributed by atoms with Crippen LogP contribution in [-0.2, 0) is 6.18 Å². The Morgan fingerprint density at radius 1 is 1.24 bits per heavy atom. The molecule has 98 valence electrons. The van der Waals surface area contributed by atoms with Gasteiger partial charge in [-0.1, -0.05) is 20.8 Å². The van der Waals surface area contributed by atoms with E-state index >= 15 is 0 Å². The molecule has 0 fully saturated rings.